The van der Waals surface area contributed by atoms with Gasteiger partial charge in [0.2, 0.25) is 5.91 Å². The number of para-hydroxylation sites is 1. The molecule has 1 amide bonds. The molecule has 2 aromatic rings. The van der Waals surface area contributed by atoms with Crippen molar-refractivity contribution in [2.24, 2.45) is 0 Å². The molecule has 0 saturated heterocycles. The second kappa shape index (κ2) is 6.63. The summed E-state index contributed by atoms with van der Waals surface area (Å²) in [5.41, 5.74) is 2.38. The number of hydrogen-bond donors (Lipinski definition) is 1. The molecule has 2 aromatic carbocycles. The van der Waals surface area contributed by atoms with Gasteiger partial charge >= 0.3 is 0 Å². The monoisotopic (exact) mass is 388 g/mol. The zero-order valence-electron chi connectivity index (χ0n) is 14.4. The summed E-state index contributed by atoms with van der Waals surface area (Å²) in [5.74, 6) is -0.0818. The summed E-state index contributed by atoms with van der Waals surface area (Å²) in [4.78, 5) is 13.1. The molecule has 1 N–H and O–H groups in total. The Labute approximate surface area is 157 Å². The van der Waals surface area contributed by atoms with E-state index in [0.717, 1.165) is 29.0 Å². The maximum absolute atomic E-state index is 13.3. The number of carbonyl (C=O) groups excluding carboxylic acids is 1. The van der Waals surface area contributed by atoms with E-state index in [1.807, 2.05) is 31.2 Å². The summed E-state index contributed by atoms with van der Waals surface area (Å²) in [6, 6.07) is 12.7. The minimum absolute atomic E-state index is 0.0818. The molecule has 0 spiro atoms. The lowest BCUT2D eigenvalue weighted by Gasteiger charge is -2.30. The lowest BCUT2D eigenvalue weighted by atomic mass is 10.0. The van der Waals surface area contributed by atoms with Crippen LogP contribution in [0.4, 0.5) is 11.4 Å². The van der Waals surface area contributed by atoms with Crippen molar-refractivity contribution in [3.63, 3.8) is 0 Å². The van der Waals surface area contributed by atoms with Gasteiger partial charge in [0.1, 0.15) is 0 Å². The van der Waals surface area contributed by atoms with Crippen molar-refractivity contribution in [1.82, 2.24) is 0 Å². The third-order valence-corrected chi connectivity index (χ3v) is 7.67. The smallest absolute Gasteiger partial charge is 0.264 e. The molecule has 0 aliphatic carbocycles. The van der Waals surface area contributed by atoms with Crippen molar-refractivity contribution < 1.29 is 13.2 Å². The normalized spacial score (nSPS) is 20.0. The Bertz CT molecular complexity index is 972. The number of thioether (sulfide) groups is 1. The third kappa shape index (κ3) is 3.10. The maximum atomic E-state index is 13.3. The highest BCUT2D eigenvalue weighted by Crippen LogP contribution is 2.38. The lowest BCUT2D eigenvalue weighted by Crippen LogP contribution is -2.35. The molecule has 0 aromatic heterocycles. The SMILES string of the molecule is CC1CC(=O)Nc2cc(S(=O)(=O)N3CCCc4ccccc43)ccc2S1. The number of nitrogens with one attached hydrogen (secondary N) is 1. The first-order valence-electron chi connectivity index (χ1n) is 8.66. The zero-order chi connectivity index (χ0) is 18.3. The van der Waals surface area contributed by atoms with Crippen LogP contribution in [0.1, 0.15) is 25.3 Å². The molecule has 4 rings (SSSR count). The van der Waals surface area contributed by atoms with Gasteiger partial charge in [-0.05, 0) is 42.7 Å². The number of hydrogen-bond acceptors (Lipinski definition) is 4. The molecule has 0 radical (unpaired) electrons. The van der Waals surface area contributed by atoms with Gasteiger partial charge in [-0.15, -0.1) is 11.8 Å². The van der Waals surface area contributed by atoms with Crippen molar-refractivity contribution in [3.05, 3.63) is 48.0 Å². The highest BCUT2D eigenvalue weighted by atomic mass is 32.2. The van der Waals surface area contributed by atoms with Gasteiger partial charge in [0, 0.05) is 23.1 Å². The molecule has 0 saturated carbocycles. The number of amides is 1. The Morgan fingerprint density at radius 3 is 2.85 bits per heavy atom. The Balaban J connectivity index is 1.75. The van der Waals surface area contributed by atoms with Crippen LogP contribution in [0.5, 0.6) is 0 Å². The van der Waals surface area contributed by atoms with Crippen molar-refractivity contribution in [1.29, 1.82) is 0 Å². The largest absolute Gasteiger partial charge is 0.325 e. The summed E-state index contributed by atoms with van der Waals surface area (Å²) >= 11 is 1.59. The summed E-state index contributed by atoms with van der Waals surface area (Å²) in [6.07, 6.45) is 2.10. The van der Waals surface area contributed by atoms with E-state index in [9.17, 15) is 13.2 Å². The molecule has 1 atom stereocenters. The molecule has 0 fully saturated rings. The second-order valence-electron chi connectivity index (χ2n) is 6.65. The predicted octanol–water partition coefficient (Wildman–Crippen LogP) is 3.65. The molecule has 5 nitrogen and oxygen atoms in total. The molecule has 26 heavy (non-hydrogen) atoms. The minimum atomic E-state index is -3.68. The van der Waals surface area contributed by atoms with Crippen LogP contribution in [0.2, 0.25) is 0 Å². The number of sulfonamides is 1. The van der Waals surface area contributed by atoms with Crippen LogP contribution >= 0.6 is 11.8 Å². The Hall–Kier alpha value is -1.99. The standard InChI is InChI=1S/C19H20N2O3S2/c1-13-11-19(22)20-16-12-15(8-9-18(16)25-13)26(23,24)21-10-4-6-14-5-2-3-7-17(14)21/h2-3,5,7-9,12-13H,4,6,10-11H2,1H3,(H,20,22). The Kier molecular flexibility index (Phi) is 4.44. The predicted molar refractivity (Wildman–Crippen MR) is 104 cm³/mol. The van der Waals surface area contributed by atoms with Crippen LogP contribution in [0.15, 0.2) is 52.3 Å². The van der Waals surface area contributed by atoms with Crippen LogP contribution in [-0.4, -0.2) is 26.1 Å². The Morgan fingerprint density at radius 1 is 1.19 bits per heavy atom. The van der Waals surface area contributed by atoms with E-state index in [4.69, 9.17) is 0 Å². The van der Waals surface area contributed by atoms with Crippen LogP contribution in [-0.2, 0) is 21.2 Å². The molecule has 7 heteroatoms. The number of benzene rings is 2. The summed E-state index contributed by atoms with van der Waals surface area (Å²) in [5, 5.41) is 3.00. The van der Waals surface area contributed by atoms with Crippen LogP contribution in [0.25, 0.3) is 0 Å². The first-order valence-corrected chi connectivity index (χ1v) is 11.0. The molecule has 2 heterocycles. The quantitative estimate of drug-likeness (QED) is 0.853. The van der Waals surface area contributed by atoms with E-state index in [-0.39, 0.29) is 16.1 Å². The van der Waals surface area contributed by atoms with Gasteiger partial charge in [-0.2, -0.15) is 0 Å². The number of nitrogens with zero attached hydrogens (tertiary/aromatic N) is 1. The zero-order valence-corrected chi connectivity index (χ0v) is 16.1. The number of rotatable bonds is 2. The third-order valence-electron chi connectivity index (χ3n) is 4.68. The highest BCUT2D eigenvalue weighted by Gasteiger charge is 2.30. The minimum Gasteiger partial charge on any atom is -0.325 e. The number of carbonyl (C=O) groups is 1. The van der Waals surface area contributed by atoms with Crippen LogP contribution in [0, 0.1) is 0 Å². The lowest BCUT2D eigenvalue weighted by molar-refractivity contribution is -0.116. The van der Waals surface area contributed by atoms with Gasteiger partial charge in [-0.3, -0.25) is 9.10 Å². The van der Waals surface area contributed by atoms with E-state index in [2.05, 4.69) is 5.32 Å². The van der Waals surface area contributed by atoms with Crippen LogP contribution in [0.3, 0.4) is 0 Å². The summed E-state index contributed by atoms with van der Waals surface area (Å²) in [6.45, 7) is 2.46. The van der Waals surface area contributed by atoms with E-state index in [0.29, 0.717) is 18.7 Å². The van der Waals surface area contributed by atoms with E-state index >= 15 is 0 Å². The number of aryl methyl sites for hydroxylation is 1. The van der Waals surface area contributed by atoms with Gasteiger partial charge < -0.3 is 5.32 Å². The van der Waals surface area contributed by atoms with E-state index in [1.165, 1.54) is 4.31 Å². The summed E-state index contributed by atoms with van der Waals surface area (Å²) < 4.78 is 28.0. The molecule has 0 bridgehead atoms. The first-order chi connectivity index (χ1) is 12.4. The number of anilines is 2. The molecule has 2 aliphatic rings. The molecule has 1 unspecified atom stereocenters. The van der Waals surface area contributed by atoms with Gasteiger partial charge in [-0.1, -0.05) is 25.1 Å². The van der Waals surface area contributed by atoms with Gasteiger partial charge in [-0.25, -0.2) is 8.42 Å². The second-order valence-corrected chi connectivity index (χ2v) is 9.99. The van der Waals surface area contributed by atoms with Gasteiger partial charge in [0.05, 0.1) is 16.3 Å². The van der Waals surface area contributed by atoms with Gasteiger partial charge in [0.15, 0.2) is 0 Å². The topological polar surface area (TPSA) is 66.5 Å². The Morgan fingerprint density at radius 2 is 2.00 bits per heavy atom. The fourth-order valence-electron chi connectivity index (χ4n) is 3.47. The van der Waals surface area contributed by atoms with Crippen molar-refractivity contribution >= 4 is 39.1 Å². The average molecular weight is 389 g/mol. The fraction of sp³-hybridized carbons (Fsp3) is 0.316. The molecular weight excluding hydrogens is 368 g/mol. The van der Waals surface area contributed by atoms with Crippen molar-refractivity contribution in [2.75, 3.05) is 16.2 Å². The average Bonchev–Trinajstić information content (AvgIpc) is 2.76. The maximum Gasteiger partial charge on any atom is 0.264 e. The van der Waals surface area contributed by atoms with Gasteiger partial charge in [0.25, 0.3) is 10.0 Å². The van der Waals surface area contributed by atoms with E-state index < -0.39 is 10.0 Å². The fourth-order valence-corrected chi connectivity index (χ4v) is 6.09. The molecular formula is C19H20N2O3S2. The van der Waals surface area contributed by atoms with Crippen molar-refractivity contribution in [2.45, 2.75) is 41.2 Å². The van der Waals surface area contributed by atoms with Crippen LogP contribution < -0.4 is 9.62 Å². The van der Waals surface area contributed by atoms with Crippen molar-refractivity contribution in [3.8, 4) is 0 Å². The number of fused-ring (bicyclic) bond motifs is 2. The summed E-state index contributed by atoms with van der Waals surface area (Å²) in [7, 11) is -3.68. The highest BCUT2D eigenvalue weighted by molar-refractivity contribution is 8.00. The molecule has 2 aliphatic heterocycles. The van der Waals surface area contributed by atoms with E-state index in [1.54, 1.807) is 30.0 Å². The molecule has 136 valence electrons. The first kappa shape index (κ1) is 17.4.